The van der Waals surface area contributed by atoms with E-state index in [0.717, 1.165) is 57.2 Å². The summed E-state index contributed by atoms with van der Waals surface area (Å²) in [6.07, 6.45) is 4.29. The van der Waals surface area contributed by atoms with Gasteiger partial charge in [0.15, 0.2) is 5.96 Å². The maximum Gasteiger partial charge on any atom is 0.191 e. The van der Waals surface area contributed by atoms with Gasteiger partial charge in [0.1, 0.15) is 0 Å². The van der Waals surface area contributed by atoms with Crippen molar-refractivity contribution in [2.45, 2.75) is 77.2 Å². The fourth-order valence-electron chi connectivity index (χ4n) is 3.22. The first-order valence-electron chi connectivity index (χ1n) is 10.1. The van der Waals surface area contributed by atoms with E-state index in [1.807, 2.05) is 11.8 Å². The SMILES string of the molecule is CCNC(=NCC1(O)CCC1SCC)NC(C)CCCN(CC)CC. The molecule has 0 amide bonds. The smallest absolute Gasteiger partial charge is 0.191 e. The molecule has 0 bridgehead atoms. The van der Waals surface area contributed by atoms with Gasteiger partial charge in [-0.05, 0) is 64.9 Å². The highest BCUT2D eigenvalue weighted by Crippen LogP contribution is 2.41. The monoisotopic (exact) mass is 372 g/mol. The zero-order valence-corrected chi connectivity index (χ0v) is 17.8. The van der Waals surface area contributed by atoms with Gasteiger partial charge in [-0.1, -0.05) is 20.8 Å². The molecule has 6 heteroatoms. The zero-order valence-electron chi connectivity index (χ0n) is 17.0. The molecule has 5 nitrogen and oxygen atoms in total. The number of guanidine groups is 1. The molecule has 1 rings (SSSR count). The van der Waals surface area contributed by atoms with Gasteiger partial charge in [-0.25, -0.2) is 0 Å². The Morgan fingerprint density at radius 2 is 2.04 bits per heavy atom. The molecular formula is C19H40N4OS. The maximum absolute atomic E-state index is 10.7. The second-order valence-electron chi connectivity index (χ2n) is 7.00. The van der Waals surface area contributed by atoms with E-state index in [2.05, 4.69) is 55.1 Å². The summed E-state index contributed by atoms with van der Waals surface area (Å²) in [5, 5.41) is 17.9. The summed E-state index contributed by atoms with van der Waals surface area (Å²) in [6.45, 7) is 15.6. The van der Waals surface area contributed by atoms with Crippen LogP contribution >= 0.6 is 11.8 Å². The van der Waals surface area contributed by atoms with E-state index in [9.17, 15) is 5.11 Å². The Morgan fingerprint density at radius 3 is 2.56 bits per heavy atom. The molecule has 0 aromatic rings. The van der Waals surface area contributed by atoms with Gasteiger partial charge in [-0.15, -0.1) is 0 Å². The lowest BCUT2D eigenvalue weighted by molar-refractivity contribution is -0.0154. The lowest BCUT2D eigenvalue weighted by atomic mass is 9.79. The van der Waals surface area contributed by atoms with Crippen LogP contribution in [-0.2, 0) is 0 Å². The molecule has 25 heavy (non-hydrogen) atoms. The molecule has 1 fully saturated rings. The number of aliphatic imine (C=N–C) groups is 1. The Balaban J connectivity index is 2.44. The number of thioether (sulfide) groups is 1. The Bertz CT molecular complexity index is 390. The highest BCUT2D eigenvalue weighted by Gasteiger charge is 2.45. The molecule has 0 radical (unpaired) electrons. The average Bonchev–Trinajstić information content (AvgIpc) is 2.60. The van der Waals surface area contributed by atoms with Crippen molar-refractivity contribution >= 4 is 17.7 Å². The van der Waals surface area contributed by atoms with Crippen LogP contribution in [0.15, 0.2) is 4.99 Å². The molecule has 0 aliphatic heterocycles. The van der Waals surface area contributed by atoms with Crippen molar-refractivity contribution in [1.82, 2.24) is 15.5 Å². The predicted octanol–water partition coefficient (Wildman–Crippen LogP) is 2.70. The molecule has 148 valence electrons. The molecule has 0 aromatic carbocycles. The van der Waals surface area contributed by atoms with Crippen LogP contribution in [0.3, 0.4) is 0 Å². The van der Waals surface area contributed by atoms with Gasteiger partial charge in [0.05, 0.1) is 12.1 Å². The molecule has 3 unspecified atom stereocenters. The van der Waals surface area contributed by atoms with E-state index in [1.54, 1.807) is 0 Å². The summed E-state index contributed by atoms with van der Waals surface area (Å²) >= 11 is 1.86. The van der Waals surface area contributed by atoms with Crippen LogP contribution in [0.1, 0.15) is 60.3 Å². The summed E-state index contributed by atoms with van der Waals surface area (Å²) < 4.78 is 0. The summed E-state index contributed by atoms with van der Waals surface area (Å²) in [7, 11) is 0. The van der Waals surface area contributed by atoms with Gasteiger partial charge in [0, 0.05) is 17.8 Å². The van der Waals surface area contributed by atoms with Crippen molar-refractivity contribution in [3.63, 3.8) is 0 Å². The minimum atomic E-state index is -0.616. The van der Waals surface area contributed by atoms with Crippen molar-refractivity contribution < 1.29 is 5.11 Å². The van der Waals surface area contributed by atoms with Gasteiger partial charge in [-0.3, -0.25) is 4.99 Å². The van der Waals surface area contributed by atoms with Gasteiger partial charge in [0.2, 0.25) is 0 Å². The van der Waals surface area contributed by atoms with E-state index in [-0.39, 0.29) is 0 Å². The van der Waals surface area contributed by atoms with Crippen molar-refractivity contribution in [3.8, 4) is 0 Å². The quantitative estimate of drug-likeness (QED) is 0.363. The van der Waals surface area contributed by atoms with E-state index in [4.69, 9.17) is 0 Å². The third kappa shape index (κ3) is 7.75. The number of hydrogen-bond acceptors (Lipinski definition) is 4. The van der Waals surface area contributed by atoms with Gasteiger partial charge in [-0.2, -0.15) is 11.8 Å². The van der Waals surface area contributed by atoms with Crippen LogP contribution in [0.5, 0.6) is 0 Å². The van der Waals surface area contributed by atoms with Crippen LogP contribution in [0.25, 0.3) is 0 Å². The largest absolute Gasteiger partial charge is 0.387 e. The van der Waals surface area contributed by atoms with Crippen molar-refractivity contribution in [2.75, 3.05) is 38.5 Å². The summed E-state index contributed by atoms with van der Waals surface area (Å²) in [5.74, 6) is 1.89. The zero-order chi connectivity index (χ0) is 18.7. The Labute approximate surface area is 159 Å². The second-order valence-corrected chi connectivity index (χ2v) is 8.48. The van der Waals surface area contributed by atoms with Crippen molar-refractivity contribution in [2.24, 2.45) is 4.99 Å². The lowest BCUT2D eigenvalue weighted by Crippen LogP contribution is -2.53. The highest BCUT2D eigenvalue weighted by atomic mass is 32.2. The Hall–Kier alpha value is -0.460. The number of nitrogens with one attached hydrogen (secondary N) is 2. The molecule has 3 N–H and O–H groups in total. The van der Waals surface area contributed by atoms with Crippen molar-refractivity contribution in [1.29, 1.82) is 0 Å². The fourth-order valence-corrected chi connectivity index (χ4v) is 4.41. The molecular weight excluding hydrogens is 332 g/mol. The van der Waals surface area contributed by atoms with Gasteiger partial charge in [0.25, 0.3) is 0 Å². The molecule has 0 spiro atoms. The predicted molar refractivity (Wildman–Crippen MR) is 112 cm³/mol. The Kier molecular flexibility index (Phi) is 10.9. The highest BCUT2D eigenvalue weighted by molar-refractivity contribution is 8.00. The van der Waals surface area contributed by atoms with Crippen LogP contribution in [0.4, 0.5) is 0 Å². The number of aliphatic hydroxyl groups is 1. The third-order valence-corrected chi connectivity index (χ3v) is 6.46. The van der Waals surface area contributed by atoms with E-state index in [0.29, 0.717) is 17.8 Å². The second kappa shape index (κ2) is 12.0. The van der Waals surface area contributed by atoms with Crippen LogP contribution in [-0.4, -0.2) is 71.3 Å². The average molecular weight is 373 g/mol. The molecule has 3 atom stereocenters. The maximum atomic E-state index is 10.7. The Morgan fingerprint density at radius 1 is 1.32 bits per heavy atom. The molecule has 0 aromatic heterocycles. The summed E-state index contributed by atoms with van der Waals surface area (Å²) in [5.41, 5.74) is -0.616. The van der Waals surface area contributed by atoms with E-state index >= 15 is 0 Å². The van der Waals surface area contributed by atoms with E-state index < -0.39 is 5.60 Å². The molecule has 0 heterocycles. The number of rotatable bonds is 12. The summed E-state index contributed by atoms with van der Waals surface area (Å²) in [6, 6.07) is 0.380. The number of hydrogen-bond donors (Lipinski definition) is 3. The number of nitrogens with zero attached hydrogens (tertiary/aromatic N) is 2. The van der Waals surface area contributed by atoms with E-state index in [1.165, 1.54) is 6.42 Å². The molecule has 0 saturated heterocycles. The summed E-state index contributed by atoms with van der Waals surface area (Å²) in [4.78, 5) is 7.14. The van der Waals surface area contributed by atoms with Crippen LogP contribution < -0.4 is 10.6 Å². The van der Waals surface area contributed by atoms with Gasteiger partial charge < -0.3 is 20.6 Å². The first-order valence-corrected chi connectivity index (χ1v) is 11.1. The minimum absolute atomic E-state index is 0.343. The van der Waals surface area contributed by atoms with Crippen LogP contribution in [0, 0.1) is 0 Å². The van der Waals surface area contributed by atoms with Crippen LogP contribution in [0.2, 0.25) is 0 Å². The topological polar surface area (TPSA) is 59.9 Å². The third-order valence-electron chi connectivity index (χ3n) is 5.05. The molecule has 1 aliphatic carbocycles. The van der Waals surface area contributed by atoms with Gasteiger partial charge >= 0.3 is 0 Å². The standard InChI is InChI=1S/C19H40N4OS/c1-6-20-18(21-15-19(24)13-12-17(19)25-9-4)22-16(5)11-10-14-23(7-2)8-3/h16-17,24H,6-15H2,1-5H3,(H2,20,21,22). The fraction of sp³-hybridized carbons (Fsp3) is 0.947. The normalized spacial score (nSPS) is 24.9. The lowest BCUT2D eigenvalue weighted by Gasteiger charge is -2.44. The molecule has 1 saturated carbocycles. The first kappa shape index (κ1) is 22.6. The molecule has 1 aliphatic rings. The van der Waals surface area contributed by atoms with Crippen molar-refractivity contribution in [3.05, 3.63) is 0 Å². The first-order chi connectivity index (χ1) is 12.0. The minimum Gasteiger partial charge on any atom is -0.387 e.